The molecule has 0 atom stereocenters. The Morgan fingerprint density at radius 1 is 1.11 bits per heavy atom. The predicted molar refractivity (Wildman–Crippen MR) is 128 cm³/mol. The van der Waals surface area contributed by atoms with Crippen LogP contribution in [0.3, 0.4) is 0 Å². The summed E-state index contributed by atoms with van der Waals surface area (Å²) in [5.74, 6) is -0.330. The van der Waals surface area contributed by atoms with Crippen LogP contribution in [-0.4, -0.2) is 46.6 Å². The van der Waals surface area contributed by atoms with Gasteiger partial charge in [-0.3, -0.25) is 5.32 Å². The minimum absolute atomic E-state index is 0.0525. The summed E-state index contributed by atoms with van der Waals surface area (Å²) in [5, 5.41) is 15.7. The summed E-state index contributed by atoms with van der Waals surface area (Å²) in [7, 11) is 1.25. The number of hydrogen-bond donors (Lipinski definition) is 3. The lowest BCUT2D eigenvalue weighted by molar-refractivity contribution is 0.186. The number of hydrogen-bond acceptors (Lipinski definition) is 6. The van der Waals surface area contributed by atoms with Crippen LogP contribution in [0.2, 0.25) is 0 Å². The summed E-state index contributed by atoms with van der Waals surface area (Å²) in [6.45, 7) is 4.64. The van der Waals surface area contributed by atoms with Crippen LogP contribution in [0.15, 0.2) is 42.7 Å². The number of amides is 3. The van der Waals surface area contributed by atoms with Crippen LogP contribution in [0, 0.1) is 12.7 Å². The molecule has 35 heavy (non-hydrogen) atoms. The van der Waals surface area contributed by atoms with Crippen molar-refractivity contribution in [1.82, 2.24) is 20.5 Å². The van der Waals surface area contributed by atoms with Gasteiger partial charge in [0.25, 0.3) is 0 Å². The monoisotopic (exact) mass is 484 g/mol. The molecule has 0 unspecified atom stereocenters. The van der Waals surface area contributed by atoms with E-state index in [1.807, 2.05) is 0 Å². The van der Waals surface area contributed by atoms with Gasteiger partial charge in [0.15, 0.2) is 0 Å². The summed E-state index contributed by atoms with van der Waals surface area (Å²) < 4.78 is 32.7. The number of nitrogens with one attached hydrogen (secondary N) is 3. The molecule has 3 aromatic rings. The van der Waals surface area contributed by atoms with Crippen molar-refractivity contribution in [1.29, 1.82) is 0 Å². The normalized spacial score (nSPS) is 11.0. The van der Waals surface area contributed by atoms with Gasteiger partial charge in [0, 0.05) is 23.9 Å². The molecule has 0 spiro atoms. The number of carbonyl (C=O) groups is 2. The second-order valence-electron chi connectivity index (χ2n) is 8.37. The van der Waals surface area contributed by atoms with Crippen molar-refractivity contribution in [3.8, 4) is 22.4 Å². The van der Waals surface area contributed by atoms with E-state index in [0.717, 1.165) is 0 Å². The van der Waals surface area contributed by atoms with Crippen molar-refractivity contribution < 1.29 is 23.1 Å². The van der Waals surface area contributed by atoms with Gasteiger partial charge in [0.05, 0.1) is 24.7 Å². The van der Waals surface area contributed by atoms with Crippen LogP contribution in [-0.2, 0) is 4.74 Å². The lowest BCUT2D eigenvalue weighted by Gasteiger charge is -2.15. The predicted octanol–water partition coefficient (Wildman–Crippen LogP) is 5.09. The van der Waals surface area contributed by atoms with Crippen LogP contribution in [0.25, 0.3) is 22.4 Å². The standard InChI is InChI=1S/C24H26F2N6O3/c1-14-9-18(25)20(30-22(33)28-8-6-24(2,3)26)12-17(14)19-10-16(13-29-32-19)15-5-7-27-21(11-15)31-23(34)35-4/h5,7,9-13H,6,8H2,1-4H3,(H,27,31,34)(H2,28,30,33). The number of ether oxygens (including phenoxy) is 1. The number of nitrogens with zero attached hydrogens (tertiary/aromatic N) is 3. The molecule has 0 bridgehead atoms. The van der Waals surface area contributed by atoms with Gasteiger partial charge >= 0.3 is 12.1 Å². The number of methoxy groups -OCH3 is 1. The fraction of sp³-hybridized carbons (Fsp3) is 0.292. The van der Waals surface area contributed by atoms with Crippen LogP contribution < -0.4 is 16.0 Å². The maximum Gasteiger partial charge on any atom is 0.412 e. The first-order valence-electron chi connectivity index (χ1n) is 10.7. The zero-order valence-corrected chi connectivity index (χ0v) is 19.8. The van der Waals surface area contributed by atoms with Crippen LogP contribution >= 0.6 is 0 Å². The number of urea groups is 1. The molecule has 0 fully saturated rings. The minimum atomic E-state index is -1.43. The Labute approximate surface area is 201 Å². The van der Waals surface area contributed by atoms with E-state index >= 15 is 0 Å². The van der Waals surface area contributed by atoms with Crippen molar-refractivity contribution in [2.24, 2.45) is 0 Å². The second kappa shape index (κ2) is 10.9. The number of benzene rings is 1. The van der Waals surface area contributed by atoms with E-state index in [-0.39, 0.29) is 18.7 Å². The molecular weight excluding hydrogens is 458 g/mol. The first-order valence-corrected chi connectivity index (χ1v) is 10.7. The smallest absolute Gasteiger partial charge is 0.412 e. The fourth-order valence-corrected chi connectivity index (χ4v) is 3.17. The zero-order chi connectivity index (χ0) is 25.6. The average Bonchev–Trinajstić information content (AvgIpc) is 2.80. The van der Waals surface area contributed by atoms with Gasteiger partial charge in [0.1, 0.15) is 17.3 Å². The molecule has 1 aromatic carbocycles. The number of aromatic nitrogens is 3. The molecule has 184 valence electrons. The number of carbonyl (C=O) groups excluding carboxylic acids is 2. The first-order chi connectivity index (χ1) is 16.6. The second-order valence-corrected chi connectivity index (χ2v) is 8.37. The highest BCUT2D eigenvalue weighted by atomic mass is 19.1. The molecule has 9 nitrogen and oxygen atoms in total. The van der Waals surface area contributed by atoms with E-state index in [4.69, 9.17) is 0 Å². The van der Waals surface area contributed by atoms with Crippen molar-refractivity contribution >= 4 is 23.6 Å². The van der Waals surface area contributed by atoms with E-state index in [9.17, 15) is 18.4 Å². The van der Waals surface area contributed by atoms with Gasteiger partial charge in [0.2, 0.25) is 0 Å². The highest BCUT2D eigenvalue weighted by molar-refractivity contribution is 5.90. The van der Waals surface area contributed by atoms with Gasteiger partial charge in [-0.2, -0.15) is 10.2 Å². The minimum Gasteiger partial charge on any atom is -0.453 e. The molecule has 2 aromatic heterocycles. The highest BCUT2D eigenvalue weighted by Crippen LogP contribution is 2.30. The van der Waals surface area contributed by atoms with Crippen molar-refractivity contribution in [3.05, 3.63) is 54.1 Å². The van der Waals surface area contributed by atoms with Gasteiger partial charge in [-0.25, -0.2) is 23.4 Å². The Morgan fingerprint density at radius 3 is 2.60 bits per heavy atom. The van der Waals surface area contributed by atoms with E-state index in [0.29, 0.717) is 33.8 Å². The van der Waals surface area contributed by atoms with Gasteiger partial charge in [-0.1, -0.05) is 0 Å². The number of aryl methyl sites for hydroxylation is 1. The first kappa shape index (κ1) is 25.5. The molecule has 0 aliphatic carbocycles. The Balaban J connectivity index is 1.84. The van der Waals surface area contributed by atoms with E-state index in [1.54, 1.807) is 31.3 Å². The molecule has 3 N–H and O–H groups in total. The van der Waals surface area contributed by atoms with Gasteiger partial charge in [-0.15, -0.1) is 0 Å². The SMILES string of the molecule is COC(=O)Nc1cc(-c2cnnc(-c3cc(NC(=O)NCCC(C)(C)F)c(F)cc3C)c2)ccn1. The highest BCUT2D eigenvalue weighted by Gasteiger charge is 2.17. The Kier molecular flexibility index (Phi) is 7.90. The number of pyridine rings is 1. The Morgan fingerprint density at radius 2 is 1.89 bits per heavy atom. The quantitative estimate of drug-likeness (QED) is 0.430. The molecule has 3 rings (SSSR count). The summed E-state index contributed by atoms with van der Waals surface area (Å²) >= 11 is 0. The lowest BCUT2D eigenvalue weighted by atomic mass is 10.0. The summed E-state index contributed by atoms with van der Waals surface area (Å²) in [4.78, 5) is 27.7. The van der Waals surface area contributed by atoms with Gasteiger partial charge in [-0.05, 0) is 68.7 Å². The van der Waals surface area contributed by atoms with Crippen molar-refractivity contribution in [2.45, 2.75) is 32.9 Å². The molecule has 0 aliphatic heterocycles. The summed E-state index contributed by atoms with van der Waals surface area (Å²) in [5.41, 5.74) is 1.49. The Bertz CT molecular complexity index is 1230. The number of halogens is 2. The third-order valence-electron chi connectivity index (χ3n) is 5.01. The van der Waals surface area contributed by atoms with Gasteiger partial charge < -0.3 is 15.4 Å². The van der Waals surface area contributed by atoms with Crippen molar-refractivity contribution in [2.75, 3.05) is 24.3 Å². The largest absolute Gasteiger partial charge is 0.453 e. The summed E-state index contributed by atoms with van der Waals surface area (Å²) in [6, 6.07) is 7.23. The lowest BCUT2D eigenvalue weighted by Crippen LogP contribution is -2.32. The molecule has 2 heterocycles. The topological polar surface area (TPSA) is 118 Å². The van der Waals surface area contributed by atoms with Crippen LogP contribution in [0.1, 0.15) is 25.8 Å². The Hall–Kier alpha value is -4.15. The van der Waals surface area contributed by atoms with Crippen LogP contribution in [0.5, 0.6) is 0 Å². The average molecular weight is 485 g/mol. The molecule has 3 amide bonds. The molecular formula is C24H26F2N6O3. The van der Waals surface area contributed by atoms with E-state index < -0.39 is 23.6 Å². The molecule has 0 saturated carbocycles. The van der Waals surface area contributed by atoms with E-state index in [1.165, 1.54) is 39.3 Å². The molecule has 0 radical (unpaired) electrons. The number of alkyl halides is 1. The zero-order valence-electron chi connectivity index (χ0n) is 19.8. The number of rotatable bonds is 7. The molecule has 11 heteroatoms. The third kappa shape index (κ3) is 7.16. The van der Waals surface area contributed by atoms with Crippen molar-refractivity contribution in [3.63, 3.8) is 0 Å². The number of anilines is 2. The fourth-order valence-electron chi connectivity index (χ4n) is 3.17. The molecule has 0 saturated heterocycles. The third-order valence-corrected chi connectivity index (χ3v) is 5.01. The maximum atomic E-state index is 14.5. The molecule has 0 aliphatic rings. The summed E-state index contributed by atoms with van der Waals surface area (Å²) in [6.07, 6.45) is 2.53. The van der Waals surface area contributed by atoms with Crippen LogP contribution in [0.4, 0.5) is 29.9 Å². The maximum absolute atomic E-state index is 14.5. The van der Waals surface area contributed by atoms with E-state index in [2.05, 4.69) is 35.9 Å².